The van der Waals surface area contributed by atoms with E-state index in [1.165, 1.54) is 30.3 Å². The van der Waals surface area contributed by atoms with Gasteiger partial charge in [0.15, 0.2) is 0 Å². The molecule has 0 aliphatic heterocycles. The summed E-state index contributed by atoms with van der Waals surface area (Å²) in [5, 5.41) is 2.73. The zero-order valence-electron chi connectivity index (χ0n) is 14.9. The van der Waals surface area contributed by atoms with Crippen LogP contribution in [-0.4, -0.2) is 15.5 Å². The second-order valence-electron chi connectivity index (χ2n) is 6.39. The van der Waals surface area contributed by atoms with Crippen LogP contribution in [0, 0.1) is 11.6 Å². The molecule has 0 radical (unpaired) electrons. The standard InChI is InChI=1S/C22H17F2N3O/c23-16-11-9-15(10-12-16)14-27-20-8-4-3-7-19(20)26-21(27)13-25-22(28)17-5-1-2-6-18(17)24/h1-12H,13-14H2,(H,25,28). The maximum atomic E-state index is 13.8. The van der Waals surface area contributed by atoms with E-state index in [1.54, 1.807) is 18.2 Å². The number of aromatic nitrogens is 2. The Morgan fingerprint density at radius 2 is 1.64 bits per heavy atom. The molecule has 4 aromatic rings. The summed E-state index contributed by atoms with van der Waals surface area (Å²) in [6, 6.07) is 19.7. The van der Waals surface area contributed by atoms with Crippen LogP contribution in [0.5, 0.6) is 0 Å². The summed E-state index contributed by atoms with van der Waals surface area (Å²) < 4.78 is 29.0. The van der Waals surface area contributed by atoms with Crippen molar-refractivity contribution in [2.24, 2.45) is 0 Å². The Hall–Kier alpha value is -3.54. The summed E-state index contributed by atoms with van der Waals surface area (Å²) in [6.07, 6.45) is 0. The Labute approximate surface area is 160 Å². The normalized spacial score (nSPS) is 10.9. The molecule has 1 heterocycles. The number of imidazole rings is 1. The largest absolute Gasteiger partial charge is 0.345 e. The Morgan fingerprint density at radius 1 is 0.929 bits per heavy atom. The molecule has 3 aromatic carbocycles. The van der Waals surface area contributed by atoms with Crippen molar-refractivity contribution in [3.63, 3.8) is 0 Å². The van der Waals surface area contributed by atoms with E-state index in [1.807, 2.05) is 28.8 Å². The van der Waals surface area contributed by atoms with Crippen LogP contribution < -0.4 is 5.32 Å². The highest BCUT2D eigenvalue weighted by Crippen LogP contribution is 2.18. The molecule has 140 valence electrons. The third-order valence-corrected chi connectivity index (χ3v) is 4.51. The fourth-order valence-electron chi connectivity index (χ4n) is 3.11. The van der Waals surface area contributed by atoms with Crippen molar-refractivity contribution in [2.45, 2.75) is 13.1 Å². The first-order valence-electron chi connectivity index (χ1n) is 8.83. The van der Waals surface area contributed by atoms with E-state index in [-0.39, 0.29) is 17.9 Å². The monoisotopic (exact) mass is 377 g/mol. The molecule has 0 aliphatic carbocycles. The lowest BCUT2D eigenvalue weighted by atomic mass is 10.2. The van der Waals surface area contributed by atoms with Crippen molar-refractivity contribution in [1.82, 2.24) is 14.9 Å². The van der Waals surface area contributed by atoms with Crippen molar-refractivity contribution in [3.8, 4) is 0 Å². The van der Waals surface area contributed by atoms with Crippen LogP contribution >= 0.6 is 0 Å². The van der Waals surface area contributed by atoms with Crippen LogP contribution in [0.25, 0.3) is 11.0 Å². The van der Waals surface area contributed by atoms with E-state index in [9.17, 15) is 13.6 Å². The maximum absolute atomic E-state index is 13.8. The molecule has 0 unspecified atom stereocenters. The summed E-state index contributed by atoms with van der Waals surface area (Å²) in [7, 11) is 0. The molecular formula is C22H17F2N3O. The third kappa shape index (κ3) is 3.62. The second kappa shape index (κ2) is 7.60. The predicted molar refractivity (Wildman–Crippen MR) is 103 cm³/mol. The number of hydrogen-bond acceptors (Lipinski definition) is 2. The van der Waals surface area contributed by atoms with E-state index in [0.29, 0.717) is 12.4 Å². The average Bonchev–Trinajstić information content (AvgIpc) is 3.06. The number of halogens is 2. The number of benzene rings is 3. The van der Waals surface area contributed by atoms with Gasteiger partial charge in [-0.15, -0.1) is 0 Å². The number of rotatable bonds is 5. The van der Waals surface area contributed by atoms with Crippen LogP contribution in [-0.2, 0) is 13.1 Å². The molecule has 0 bridgehead atoms. The molecule has 28 heavy (non-hydrogen) atoms. The molecular weight excluding hydrogens is 360 g/mol. The van der Waals surface area contributed by atoms with E-state index < -0.39 is 11.7 Å². The van der Waals surface area contributed by atoms with Gasteiger partial charge in [0.05, 0.1) is 23.1 Å². The fourth-order valence-corrected chi connectivity index (χ4v) is 3.11. The SMILES string of the molecule is O=C(NCc1nc2ccccc2n1Cc1ccc(F)cc1)c1ccccc1F. The molecule has 0 spiro atoms. The number of carbonyl (C=O) groups excluding carboxylic acids is 1. The molecule has 0 aliphatic rings. The maximum Gasteiger partial charge on any atom is 0.254 e. The zero-order valence-corrected chi connectivity index (χ0v) is 14.9. The Bertz CT molecular complexity index is 1140. The van der Waals surface area contributed by atoms with E-state index in [0.717, 1.165) is 16.6 Å². The lowest BCUT2D eigenvalue weighted by Crippen LogP contribution is -2.25. The molecule has 0 atom stereocenters. The van der Waals surface area contributed by atoms with Crippen LogP contribution in [0.15, 0.2) is 72.8 Å². The predicted octanol–water partition coefficient (Wildman–Crippen LogP) is 4.29. The Balaban J connectivity index is 1.62. The van der Waals surface area contributed by atoms with Crippen molar-refractivity contribution in [2.75, 3.05) is 0 Å². The molecule has 0 saturated carbocycles. The molecule has 1 aromatic heterocycles. The van der Waals surface area contributed by atoms with Gasteiger partial charge < -0.3 is 9.88 Å². The quantitative estimate of drug-likeness (QED) is 0.564. The molecule has 0 fully saturated rings. The van der Waals surface area contributed by atoms with Gasteiger partial charge in [0, 0.05) is 6.54 Å². The Kier molecular flexibility index (Phi) is 4.85. The number of carbonyl (C=O) groups is 1. The molecule has 4 nitrogen and oxygen atoms in total. The van der Waals surface area contributed by atoms with Crippen molar-refractivity contribution in [1.29, 1.82) is 0 Å². The average molecular weight is 377 g/mol. The fraction of sp³-hybridized carbons (Fsp3) is 0.0909. The van der Waals surface area contributed by atoms with Gasteiger partial charge in [-0.05, 0) is 42.0 Å². The minimum atomic E-state index is -0.570. The van der Waals surface area contributed by atoms with Crippen LogP contribution in [0.1, 0.15) is 21.7 Å². The first kappa shape index (κ1) is 17.9. The van der Waals surface area contributed by atoms with Gasteiger partial charge in [-0.2, -0.15) is 0 Å². The number of para-hydroxylation sites is 2. The highest BCUT2D eigenvalue weighted by Gasteiger charge is 2.14. The van der Waals surface area contributed by atoms with Gasteiger partial charge in [-0.3, -0.25) is 4.79 Å². The highest BCUT2D eigenvalue weighted by molar-refractivity contribution is 5.94. The number of nitrogens with zero attached hydrogens (tertiary/aromatic N) is 2. The smallest absolute Gasteiger partial charge is 0.254 e. The van der Waals surface area contributed by atoms with Gasteiger partial charge in [-0.25, -0.2) is 13.8 Å². The van der Waals surface area contributed by atoms with Crippen LogP contribution in [0.4, 0.5) is 8.78 Å². The van der Waals surface area contributed by atoms with Gasteiger partial charge in [0.25, 0.3) is 5.91 Å². The number of hydrogen-bond donors (Lipinski definition) is 1. The minimum Gasteiger partial charge on any atom is -0.345 e. The zero-order chi connectivity index (χ0) is 19.5. The number of amides is 1. The molecule has 6 heteroatoms. The van der Waals surface area contributed by atoms with Crippen molar-refractivity contribution >= 4 is 16.9 Å². The van der Waals surface area contributed by atoms with Crippen LogP contribution in [0.2, 0.25) is 0 Å². The first-order valence-corrected chi connectivity index (χ1v) is 8.83. The summed E-state index contributed by atoms with van der Waals surface area (Å²) in [5.74, 6) is -0.731. The van der Waals surface area contributed by atoms with E-state index >= 15 is 0 Å². The third-order valence-electron chi connectivity index (χ3n) is 4.51. The summed E-state index contributed by atoms with van der Waals surface area (Å²) >= 11 is 0. The second-order valence-corrected chi connectivity index (χ2v) is 6.39. The van der Waals surface area contributed by atoms with Crippen LogP contribution in [0.3, 0.4) is 0 Å². The van der Waals surface area contributed by atoms with Gasteiger partial charge >= 0.3 is 0 Å². The summed E-state index contributed by atoms with van der Waals surface area (Å²) in [5.41, 5.74) is 2.59. The molecule has 1 amide bonds. The van der Waals surface area contributed by atoms with E-state index in [2.05, 4.69) is 10.3 Å². The first-order chi connectivity index (χ1) is 13.6. The van der Waals surface area contributed by atoms with Crippen molar-refractivity contribution < 1.29 is 13.6 Å². The van der Waals surface area contributed by atoms with Gasteiger partial charge in [0.2, 0.25) is 0 Å². The molecule has 1 N–H and O–H groups in total. The summed E-state index contributed by atoms with van der Waals surface area (Å²) in [4.78, 5) is 16.9. The van der Waals surface area contributed by atoms with Crippen molar-refractivity contribution in [3.05, 3.63) is 101 Å². The summed E-state index contributed by atoms with van der Waals surface area (Å²) in [6.45, 7) is 0.620. The highest BCUT2D eigenvalue weighted by atomic mass is 19.1. The molecule has 0 saturated heterocycles. The minimum absolute atomic E-state index is 0.0105. The van der Waals surface area contributed by atoms with Gasteiger partial charge in [-0.1, -0.05) is 36.4 Å². The lowest BCUT2D eigenvalue weighted by molar-refractivity contribution is 0.0945. The number of nitrogens with one attached hydrogen (secondary N) is 1. The molecule has 4 rings (SSSR count). The lowest BCUT2D eigenvalue weighted by Gasteiger charge is -2.11. The number of fused-ring (bicyclic) bond motifs is 1. The Morgan fingerprint density at radius 3 is 2.43 bits per heavy atom. The van der Waals surface area contributed by atoms with E-state index in [4.69, 9.17) is 0 Å². The van der Waals surface area contributed by atoms with Gasteiger partial charge in [0.1, 0.15) is 17.5 Å². The topological polar surface area (TPSA) is 46.9 Å².